The molecule has 0 unspecified atom stereocenters. The summed E-state index contributed by atoms with van der Waals surface area (Å²) in [5, 5.41) is 12.6. The molecule has 0 aliphatic carbocycles. The highest BCUT2D eigenvalue weighted by Crippen LogP contribution is 2.21. The van der Waals surface area contributed by atoms with E-state index in [1.54, 1.807) is 0 Å². The number of hydrogen-bond donors (Lipinski definition) is 3. The fourth-order valence-electron chi connectivity index (χ4n) is 1.85. The molecule has 0 bridgehead atoms. The largest absolute Gasteiger partial charge is 0.394 e. The Labute approximate surface area is 126 Å². The van der Waals surface area contributed by atoms with Crippen molar-refractivity contribution < 1.29 is 9.90 Å². The van der Waals surface area contributed by atoms with Crippen molar-refractivity contribution >= 4 is 29.1 Å². The van der Waals surface area contributed by atoms with Gasteiger partial charge in [0.05, 0.1) is 17.7 Å². The van der Waals surface area contributed by atoms with Crippen molar-refractivity contribution in [3.8, 4) is 0 Å². The number of benzene rings is 1. The van der Waals surface area contributed by atoms with E-state index in [2.05, 4.69) is 10.3 Å². The lowest BCUT2D eigenvalue weighted by molar-refractivity contribution is 0.0912. The fraction of sp³-hybridized carbons (Fsp3) is 0.214. The first-order valence-corrected chi connectivity index (χ1v) is 6.85. The van der Waals surface area contributed by atoms with Gasteiger partial charge in [0.15, 0.2) is 0 Å². The highest BCUT2D eigenvalue weighted by atomic mass is 35.5. The molecule has 20 heavy (non-hydrogen) atoms. The second-order valence-corrected chi connectivity index (χ2v) is 5.17. The first kappa shape index (κ1) is 14.9. The highest BCUT2D eigenvalue weighted by Gasteiger charge is 2.16. The third-order valence-electron chi connectivity index (χ3n) is 2.85. The summed E-state index contributed by atoms with van der Waals surface area (Å²) in [7, 11) is 0. The molecule has 0 radical (unpaired) electrons. The number of aliphatic hydroxyl groups excluding tert-OH is 1. The van der Waals surface area contributed by atoms with Crippen LogP contribution in [0.1, 0.15) is 16.1 Å². The predicted molar refractivity (Wildman–Crippen MR) is 79.3 cm³/mol. The molecule has 1 heterocycles. The van der Waals surface area contributed by atoms with Gasteiger partial charge in [-0.2, -0.15) is 0 Å². The van der Waals surface area contributed by atoms with Gasteiger partial charge in [0.2, 0.25) is 0 Å². The van der Waals surface area contributed by atoms with Crippen molar-refractivity contribution in [3.63, 3.8) is 0 Å². The molecule has 4 nitrogen and oxygen atoms in total. The van der Waals surface area contributed by atoms with Crippen LogP contribution in [0.4, 0.5) is 0 Å². The molecule has 1 amide bonds. The van der Waals surface area contributed by atoms with Gasteiger partial charge < -0.3 is 15.4 Å². The van der Waals surface area contributed by atoms with Gasteiger partial charge in [-0.3, -0.25) is 4.79 Å². The highest BCUT2D eigenvalue weighted by molar-refractivity contribution is 6.41. The Morgan fingerprint density at radius 1 is 1.30 bits per heavy atom. The lowest BCUT2D eigenvalue weighted by atomic mass is 10.1. The zero-order chi connectivity index (χ0) is 14.5. The van der Waals surface area contributed by atoms with Crippen molar-refractivity contribution in [2.24, 2.45) is 0 Å². The molecule has 1 aromatic heterocycles. The number of rotatable bonds is 5. The van der Waals surface area contributed by atoms with Crippen molar-refractivity contribution in [2.75, 3.05) is 6.61 Å². The summed E-state index contributed by atoms with van der Waals surface area (Å²) >= 11 is 11.5. The van der Waals surface area contributed by atoms with Crippen LogP contribution >= 0.6 is 23.2 Å². The van der Waals surface area contributed by atoms with Crippen molar-refractivity contribution in [1.82, 2.24) is 10.3 Å². The molecule has 2 aromatic rings. The summed E-state index contributed by atoms with van der Waals surface area (Å²) in [4.78, 5) is 14.7. The number of aliphatic hydroxyl groups is 1. The molecule has 0 aliphatic heterocycles. The number of aromatic nitrogens is 1. The zero-order valence-corrected chi connectivity index (χ0v) is 12.1. The van der Waals surface area contributed by atoms with Gasteiger partial charge in [0, 0.05) is 0 Å². The van der Waals surface area contributed by atoms with Crippen LogP contribution in [0.2, 0.25) is 10.2 Å². The second-order valence-electron chi connectivity index (χ2n) is 4.39. The third kappa shape index (κ3) is 3.76. The van der Waals surface area contributed by atoms with E-state index in [4.69, 9.17) is 23.2 Å². The van der Waals surface area contributed by atoms with E-state index in [0.29, 0.717) is 11.4 Å². The molecule has 0 aliphatic rings. The SMILES string of the molecule is O=C(N[C@@H](CO)Cc1ccccc1)c1cc(Cl)c(Cl)[nH]1. The maximum absolute atomic E-state index is 12.0. The summed E-state index contributed by atoms with van der Waals surface area (Å²) in [5.41, 5.74) is 1.31. The van der Waals surface area contributed by atoms with Crippen LogP contribution in [0.3, 0.4) is 0 Å². The number of carbonyl (C=O) groups excluding carboxylic acids is 1. The summed E-state index contributed by atoms with van der Waals surface area (Å²) in [5.74, 6) is -0.353. The van der Waals surface area contributed by atoms with Crippen LogP contribution in [0.15, 0.2) is 36.4 Å². The van der Waals surface area contributed by atoms with Gasteiger partial charge in [0.25, 0.3) is 5.91 Å². The monoisotopic (exact) mass is 312 g/mol. The first-order chi connectivity index (χ1) is 9.60. The fourth-order valence-corrected chi connectivity index (χ4v) is 2.16. The average molecular weight is 313 g/mol. The van der Waals surface area contributed by atoms with E-state index in [1.807, 2.05) is 30.3 Å². The Hall–Kier alpha value is -1.49. The molecule has 0 saturated heterocycles. The topological polar surface area (TPSA) is 65.1 Å². The molecule has 6 heteroatoms. The molecule has 2 rings (SSSR count). The van der Waals surface area contributed by atoms with Gasteiger partial charge in [-0.25, -0.2) is 0 Å². The molecule has 0 spiro atoms. The Balaban J connectivity index is 2.01. The van der Waals surface area contributed by atoms with Gasteiger partial charge in [-0.1, -0.05) is 53.5 Å². The van der Waals surface area contributed by atoms with Crippen LogP contribution in [-0.4, -0.2) is 28.6 Å². The lowest BCUT2D eigenvalue weighted by Gasteiger charge is -2.15. The summed E-state index contributed by atoms with van der Waals surface area (Å²) in [6.07, 6.45) is 0.547. The van der Waals surface area contributed by atoms with Crippen LogP contribution in [0.25, 0.3) is 0 Å². The minimum Gasteiger partial charge on any atom is -0.394 e. The summed E-state index contributed by atoms with van der Waals surface area (Å²) < 4.78 is 0. The molecule has 106 valence electrons. The second kappa shape index (κ2) is 6.79. The minimum atomic E-state index is -0.370. The number of carbonyl (C=O) groups is 1. The third-order valence-corrected chi connectivity index (χ3v) is 3.54. The van der Waals surface area contributed by atoms with Crippen molar-refractivity contribution in [3.05, 3.63) is 57.8 Å². The Bertz CT molecular complexity index is 565. The van der Waals surface area contributed by atoms with Crippen molar-refractivity contribution in [1.29, 1.82) is 0 Å². The van der Waals surface area contributed by atoms with Gasteiger partial charge in [-0.15, -0.1) is 0 Å². The summed E-state index contributed by atoms with van der Waals surface area (Å²) in [6.45, 7) is -0.150. The van der Waals surface area contributed by atoms with Crippen LogP contribution < -0.4 is 5.32 Å². The van der Waals surface area contributed by atoms with E-state index in [0.717, 1.165) is 5.56 Å². The zero-order valence-electron chi connectivity index (χ0n) is 10.6. The van der Waals surface area contributed by atoms with Crippen LogP contribution in [0, 0.1) is 0 Å². The quantitative estimate of drug-likeness (QED) is 0.794. The Morgan fingerprint density at radius 2 is 2.00 bits per heavy atom. The number of hydrogen-bond acceptors (Lipinski definition) is 2. The molecule has 0 fully saturated rings. The normalized spacial score (nSPS) is 12.2. The predicted octanol–water partition coefficient (Wildman–Crippen LogP) is 2.65. The molecular weight excluding hydrogens is 299 g/mol. The Kier molecular flexibility index (Phi) is 5.06. The van der Waals surface area contributed by atoms with E-state index < -0.39 is 0 Å². The first-order valence-electron chi connectivity index (χ1n) is 6.10. The number of nitrogens with one attached hydrogen (secondary N) is 2. The smallest absolute Gasteiger partial charge is 0.268 e. The van der Waals surface area contributed by atoms with Gasteiger partial charge >= 0.3 is 0 Å². The van der Waals surface area contributed by atoms with Crippen molar-refractivity contribution in [2.45, 2.75) is 12.5 Å². The molecule has 1 atom stereocenters. The van der Waals surface area contributed by atoms with E-state index >= 15 is 0 Å². The van der Waals surface area contributed by atoms with E-state index in [1.165, 1.54) is 6.07 Å². The number of H-pyrrole nitrogens is 1. The number of halogens is 2. The van der Waals surface area contributed by atoms with Gasteiger partial charge in [-0.05, 0) is 18.1 Å². The molecule has 1 aromatic carbocycles. The Morgan fingerprint density at radius 3 is 2.55 bits per heavy atom. The standard InChI is InChI=1S/C14H14Cl2N2O2/c15-11-7-12(18-13(11)16)14(20)17-10(8-19)6-9-4-2-1-3-5-9/h1-5,7,10,18-19H,6,8H2,(H,17,20)/t10-/m1/s1. The summed E-state index contributed by atoms with van der Waals surface area (Å²) in [6, 6.07) is 10.7. The maximum atomic E-state index is 12.0. The maximum Gasteiger partial charge on any atom is 0.268 e. The van der Waals surface area contributed by atoms with E-state index in [-0.39, 0.29) is 29.4 Å². The molecule has 0 saturated carbocycles. The van der Waals surface area contributed by atoms with Crippen LogP contribution in [0.5, 0.6) is 0 Å². The minimum absolute atomic E-state index is 0.150. The van der Waals surface area contributed by atoms with E-state index in [9.17, 15) is 9.90 Å². The molecule has 3 N–H and O–H groups in total. The number of amides is 1. The lowest BCUT2D eigenvalue weighted by Crippen LogP contribution is -2.39. The van der Waals surface area contributed by atoms with Crippen LogP contribution in [-0.2, 0) is 6.42 Å². The number of aromatic amines is 1. The van der Waals surface area contributed by atoms with Gasteiger partial charge in [0.1, 0.15) is 10.8 Å². The average Bonchev–Trinajstić information content (AvgIpc) is 2.79. The molecular formula is C14H14Cl2N2O2.